The maximum atomic E-state index is 13.3. The molecule has 0 bridgehead atoms. The Morgan fingerprint density at radius 3 is 2.92 bits per heavy atom. The summed E-state index contributed by atoms with van der Waals surface area (Å²) < 4.78 is 18.3. The van der Waals surface area contributed by atoms with E-state index in [0.717, 1.165) is 30.5 Å². The molecule has 1 N–H and O–H groups in total. The fraction of sp³-hybridized carbons (Fsp3) is 0.421. The van der Waals surface area contributed by atoms with Crippen LogP contribution in [-0.4, -0.2) is 44.2 Å². The molecule has 0 saturated carbocycles. The van der Waals surface area contributed by atoms with Gasteiger partial charge in [-0.3, -0.25) is 4.79 Å². The molecule has 4 nitrogen and oxygen atoms in total. The van der Waals surface area contributed by atoms with Crippen molar-refractivity contribution in [3.05, 3.63) is 57.5 Å². The van der Waals surface area contributed by atoms with Gasteiger partial charge in [-0.2, -0.15) is 0 Å². The fourth-order valence-corrected chi connectivity index (χ4v) is 4.13. The number of carbonyl (C=O) groups is 1. The van der Waals surface area contributed by atoms with Crippen molar-refractivity contribution in [2.45, 2.75) is 18.9 Å². The second-order valence-corrected chi connectivity index (χ2v) is 7.11. The van der Waals surface area contributed by atoms with Gasteiger partial charge < -0.3 is 15.0 Å². The summed E-state index contributed by atoms with van der Waals surface area (Å²) in [5.41, 5.74) is 2.11. The standard InChI is InChI=1S/C19H23FN2O2S/c1-24-11-2-9-21-13-18(23)22-10-7-17-16(8-12-25-17)19(22)14-3-5-15(20)6-4-14/h3-6,8,12,19,21H,2,7,9-11,13H2,1H3/t19-/m1/s1. The van der Waals surface area contributed by atoms with Crippen LogP contribution in [0.15, 0.2) is 35.7 Å². The highest BCUT2D eigenvalue weighted by molar-refractivity contribution is 7.10. The van der Waals surface area contributed by atoms with Crippen LogP contribution in [-0.2, 0) is 16.0 Å². The third-order valence-corrected chi connectivity index (χ3v) is 5.45. The Kier molecular flexibility index (Phi) is 6.18. The molecule has 2 heterocycles. The summed E-state index contributed by atoms with van der Waals surface area (Å²) >= 11 is 1.73. The number of carbonyl (C=O) groups excluding carboxylic acids is 1. The molecular weight excluding hydrogens is 339 g/mol. The number of nitrogens with one attached hydrogen (secondary N) is 1. The van der Waals surface area contributed by atoms with Gasteiger partial charge in [0.05, 0.1) is 12.6 Å². The zero-order chi connectivity index (χ0) is 17.6. The number of halogens is 1. The number of rotatable bonds is 7. The summed E-state index contributed by atoms with van der Waals surface area (Å²) in [6.45, 7) is 2.43. The first-order chi connectivity index (χ1) is 12.2. The second kappa shape index (κ2) is 8.56. The average Bonchev–Trinajstić information content (AvgIpc) is 3.10. The van der Waals surface area contributed by atoms with Crippen molar-refractivity contribution in [2.24, 2.45) is 0 Å². The Morgan fingerprint density at radius 1 is 1.36 bits per heavy atom. The van der Waals surface area contributed by atoms with Gasteiger partial charge in [0.2, 0.25) is 5.91 Å². The zero-order valence-corrected chi connectivity index (χ0v) is 15.2. The highest BCUT2D eigenvalue weighted by Gasteiger charge is 2.32. The molecule has 1 aromatic carbocycles. The predicted octanol–water partition coefficient (Wildman–Crippen LogP) is 2.99. The smallest absolute Gasteiger partial charge is 0.237 e. The maximum Gasteiger partial charge on any atom is 0.237 e. The minimum atomic E-state index is -0.261. The van der Waals surface area contributed by atoms with Crippen molar-refractivity contribution < 1.29 is 13.9 Å². The van der Waals surface area contributed by atoms with Crippen LogP contribution in [0.2, 0.25) is 0 Å². The number of thiophene rings is 1. The van der Waals surface area contributed by atoms with Crippen LogP contribution in [0.5, 0.6) is 0 Å². The van der Waals surface area contributed by atoms with Gasteiger partial charge in [0.15, 0.2) is 0 Å². The van der Waals surface area contributed by atoms with Gasteiger partial charge in [0.1, 0.15) is 5.82 Å². The van der Waals surface area contributed by atoms with E-state index >= 15 is 0 Å². The van der Waals surface area contributed by atoms with Gasteiger partial charge in [-0.05, 0) is 54.1 Å². The highest BCUT2D eigenvalue weighted by Crippen LogP contribution is 2.37. The van der Waals surface area contributed by atoms with Crippen LogP contribution in [0.25, 0.3) is 0 Å². The molecule has 0 spiro atoms. The largest absolute Gasteiger partial charge is 0.385 e. The minimum Gasteiger partial charge on any atom is -0.385 e. The summed E-state index contributed by atoms with van der Waals surface area (Å²) in [6, 6.07) is 8.42. The molecule has 0 aliphatic carbocycles. The van der Waals surface area contributed by atoms with E-state index in [1.54, 1.807) is 30.6 Å². The molecular formula is C19H23FN2O2S. The molecule has 2 aromatic rings. The number of hydrogen-bond donors (Lipinski definition) is 1. The SMILES string of the molecule is COCCCNCC(=O)N1CCc2sccc2[C@H]1c1ccc(F)cc1. The Morgan fingerprint density at radius 2 is 2.16 bits per heavy atom. The third kappa shape index (κ3) is 4.26. The lowest BCUT2D eigenvalue weighted by atomic mass is 9.93. The van der Waals surface area contributed by atoms with E-state index in [1.807, 2.05) is 4.90 Å². The van der Waals surface area contributed by atoms with Crippen molar-refractivity contribution in [2.75, 3.05) is 33.4 Å². The molecule has 1 aromatic heterocycles. The number of fused-ring (bicyclic) bond motifs is 1. The van der Waals surface area contributed by atoms with Gasteiger partial charge in [-0.15, -0.1) is 11.3 Å². The zero-order valence-electron chi connectivity index (χ0n) is 14.3. The van der Waals surface area contributed by atoms with Crippen molar-refractivity contribution >= 4 is 17.2 Å². The van der Waals surface area contributed by atoms with Crippen LogP contribution in [0.4, 0.5) is 4.39 Å². The van der Waals surface area contributed by atoms with E-state index in [2.05, 4.69) is 16.8 Å². The van der Waals surface area contributed by atoms with E-state index in [4.69, 9.17) is 4.74 Å². The lowest BCUT2D eigenvalue weighted by Gasteiger charge is -2.36. The fourth-order valence-electron chi connectivity index (χ4n) is 3.23. The molecule has 6 heteroatoms. The molecule has 1 aliphatic heterocycles. The van der Waals surface area contributed by atoms with Gasteiger partial charge in [0.25, 0.3) is 0 Å². The average molecular weight is 362 g/mol. The molecule has 0 radical (unpaired) electrons. The summed E-state index contributed by atoms with van der Waals surface area (Å²) in [4.78, 5) is 16.0. The summed E-state index contributed by atoms with van der Waals surface area (Å²) in [5, 5.41) is 5.26. The van der Waals surface area contributed by atoms with Crippen LogP contribution in [0.1, 0.15) is 28.5 Å². The Hall–Kier alpha value is -1.76. The Balaban J connectivity index is 1.75. The quantitative estimate of drug-likeness (QED) is 0.770. The van der Waals surface area contributed by atoms with Gasteiger partial charge in [-0.25, -0.2) is 4.39 Å². The van der Waals surface area contributed by atoms with Gasteiger partial charge in [0, 0.05) is 25.1 Å². The molecule has 0 saturated heterocycles. The molecule has 3 rings (SSSR count). The maximum absolute atomic E-state index is 13.3. The number of nitrogens with zero attached hydrogens (tertiary/aromatic N) is 1. The Labute approximate surface area is 151 Å². The molecule has 134 valence electrons. The first kappa shape index (κ1) is 18.0. The molecule has 1 atom stereocenters. The summed E-state index contributed by atoms with van der Waals surface area (Å²) in [6.07, 6.45) is 1.75. The van der Waals surface area contributed by atoms with Crippen molar-refractivity contribution in [3.8, 4) is 0 Å². The van der Waals surface area contributed by atoms with Gasteiger partial charge in [-0.1, -0.05) is 12.1 Å². The second-order valence-electron chi connectivity index (χ2n) is 6.11. The lowest BCUT2D eigenvalue weighted by molar-refractivity contribution is -0.132. The first-order valence-corrected chi connectivity index (χ1v) is 9.39. The van der Waals surface area contributed by atoms with E-state index in [1.165, 1.54) is 17.0 Å². The summed E-state index contributed by atoms with van der Waals surface area (Å²) in [7, 11) is 1.67. The van der Waals surface area contributed by atoms with Crippen LogP contribution >= 0.6 is 11.3 Å². The van der Waals surface area contributed by atoms with Gasteiger partial charge >= 0.3 is 0 Å². The number of benzene rings is 1. The third-order valence-electron chi connectivity index (χ3n) is 4.45. The number of amides is 1. The topological polar surface area (TPSA) is 41.6 Å². The number of hydrogen-bond acceptors (Lipinski definition) is 4. The molecule has 25 heavy (non-hydrogen) atoms. The Bertz CT molecular complexity index is 702. The number of ether oxygens (including phenoxy) is 1. The van der Waals surface area contributed by atoms with Crippen LogP contribution < -0.4 is 5.32 Å². The molecule has 0 fully saturated rings. The minimum absolute atomic E-state index is 0.0728. The molecule has 0 unspecified atom stereocenters. The highest BCUT2D eigenvalue weighted by atomic mass is 32.1. The molecule has 1 amide bonds. The van der Waals surface area contributed by atoms with Crippen LogP contribution in [0.3, 0.4) is 0 Å². The van der Waals surface area contributed by atoms with E-state index < -0.39 is 0 Å². The molecule has 1 aliphatic rings. The van der Waals surface area contributed by atoms with E-state index in [9.17, 15) is 9.18 Å². The summed E-state index contributed by atoms with van der Waals surface area (Å²) in [5.74, 6) is -0.189. The van der Waals surface area contributed by atoms with Crippen molar-refractivity contribution in [1.82, 2.24) is 10.2 Å². The first-order valence-electron chi connectivity index (χ1n) is 8.51. The lowest BCUT2D eigenvalue weighted by Crippen LogP contribution is -2.44. The number of methoxy groups -OCH3 is 1. The van der Waals surface area contributed by atoms with Crippen molar-refractivity contribution in [3.63, 3.8) is 0 Å². The van der Waals surface area contributed by atoms with E-state index in [-0.39, 0.29) is 17.8 Å². The van der Waals surface area contributed by atoms with E-state index in [0.29, 0.717) is 19.7 Å². The van der Waals surface area contributed by atoms with Crippen LogP contribution in [0, 0.1) is 5.82 Å². The normalized spacial score (nSPS) is 16.7. The predicted molar refractivity (Wildman–Crippen MR) is 97.3 cm³/mol. The van der Waals surface area contributed by atoms with Crippen molar-refractivity contribution in [1.29, 1.82) is 0 Å². The monoisotopic (exact) mass is 362 g/mol.